The molecule has 1 heteroatoms. The molecule has 1 atom stereocenters. The van der Waals surface area contributed by atoms with Crippen LogP contribution in [0.15, 0.2) is 12.7 Å². The summed E-state index contributed by atoms with van der Waals surface area (Å²) >= 11 is 0. The molecule has 1 nitrogen and oxygen atoms in total. The van der Waals surface area contributed by atoms with Crippen LogP contribution in [0.25, 0.3) is 0 Å². The van der Waals surface area contributed by atoms with Gasteiger partial charge in [0.2, 0.25) is 0 Å². The van der Waals surface area contributed by atoms with E-state index in [0.717, 1.165) is 6.42 Å². The van der Waals surface area contributed by atoms with Gasteiger partial charge in [-0.2, -0.15) is 0 Å². The van der Waals surface area contributed by atoms with E-state index in [9.17, 15) is 4.79 Å². The first-order valence-electron chi connectivity index (χ1n) is 3.71. The van der Waals surface area contributed by atoms with Gasteiger partial charge in [0, 0.05) is 12.3 Å². The number of Topliss-reactive ketones (excluding diaryl/α,β-unsaturated/α-hetero) is 1. The standard InChI is InChI=1S/C9H14O/c1-4-5-8(10)7-6-9(7,2)3/h4,7H,1,5-6H2,2-3H3. The van der Waals surface area contributed by atoms with Gasteiger partial charge in [0.15, 0.2) is 0 Å². The Balaban J connectivity index is 2.40. The molecule has 0 aromatic heterocycles. The fraction of sp³-hybridized carbons (Fsp3) is 0.667. The number of ketones is 1. The molecule has 0 aliphatic heterocycles. The van der Waals surface area contributed by atoms with Gasteiger partial charge in [-0.1, -0.05) is 19.9 Å². The number of rotatable bonds is 3. The predicted octanol–water partition coefficient (Wildman–Crippen LogP) is 2.18. The van der Waals surface area contributed by atoms with E-state index in [4.69, 9.17) is 0 Å². The third-order valence-electron chi connectivity index (χ3n) is 2.25. The van der Waals surface area contributed by atoms with Crippen LogP contribution in [0.4, 0.5) is 0 Å². The molecular formula is C9H14O. The summed E-state index contributed by atoms with van der Waals surface area (Å²) in [5.41, 5.74) is 0.292. The van der Waals surface area contributed by atoms with Crippen LogP contribution in [-0.2, 0) is 4.79 Å². The van der Waals surface area contributed by atoms with Gasteiger partial charge in [-0.15, -0.1) is 6.58 Å². The summed E-state index contributed by atoms with van der Waals surface area (Å²) in [6.07, 6.45) is 3.31. The van der Waals surface area contributed by atoms with Crippen LogP contribution in [0, 0.1) is 11.3 Å². The highest BCUT2D eigenvalue weighted by Gasteiger charge is 2.49. The first kappa shape index (κ1) is 7.52. The normalized spacial score (nSPS) is 27.6. The molecule has 0 radical (unpaired) electrons. The van der Waals surface area contributed by atoms with E-state index < -0.39 is 0 Å². The van der Waals surface area contributed by atoms with Crippen molar-refractivity contribution in [3.05, 3.63) is 12.7 Å². The van der Waals surface area contributed by atoms with Gasteiger partial charge >= 0.3 is 0 Å². The number of allylic oxidation sites excluding steroid dienone is 1. The first-order chi connectivity index (χ1) is 4.58. The molecule has 0 aromatic carbocycles. The quantitative estimate of drug-likeness (QED) is 0.546. The Hall–Kier alpha value is -0.590. The minimum atomic E-state index is 0.292. The van der Waals surface area contributed by atoms with E-state index in [-0.39, 0.29) is 0 Å². The topological polar surface area (TPSA) is 17.1 Å². The Morgan fingerprint density at radius 1 is 1.80 bits per heavy atom. The summed E-state index contributed by atoms with van der Waals surface area (Å²) in [4.78, 5) is 11.1. The van der Waals surface area contributed by atoms with Crippen LogP contribution in [0.3, 0.4) is 0 Å². The lowest BCUT2D eigenvalue weighted by molar-refractivity contribution is -0.120. The minimum absolute atomic E-state index is 0.292. The highest BCUT2D eigenvalue weighted by Crippen LogP contribution is 2.52. The predicted molar refractivity (Wildman–Crippen MR) is 41.7 cm³/mol. The van der Waals surface area contributed by atoms with Crippen molar-refractivity contribution in [1.29, 1.82) is 0 Å². The molecule has 0 amide bonds. The maximum atomic E-state index is 11.1. The third kappa shape index (κ3) is 1.28. The first-order valence-corrected chi connectivity index (χ1v) is 3.71. The highest BCUT2D eigenvalue weighted by molar-refractivity contribution is 5.85. The molecule has 0 aromatic rings. The van der Waals surface area contributed by atoms with Crippen molar-refractivity contribution < 1.29 is 4.79 Å². The number of carbonyl (C=O) groups excluding carboxylic acids is 1. The zero-order chi connectivity index (χ0) is 7.78. The molecule has 1 rings (SSSR count). The molecule has 1 aliphatic carbocycles. The van der Waals surface area contributed by atoms with Crippen molar-refractivity contribution in [2.24, 2.45) is 11.3 Å². The lowest BCUT2D eigenvalue weighted by Gasteiger charge is -1.98. The Kier molecular flexibility index (Phi) is 1.67. The van der Waals surface area contributed by atoms with Crippen LogP contribution in [0.1, 0.15) is 26.7 Å². The Morgan fingerprint density at radius 2 is 2.30 bits per heavy atom. The molecule has 1 aliphatic rings. The maximum absolute atomic E-state index is 11.1. The average molecular weight is 138 g/mol. The van der Waals surface area contributed by atoms with Crippen molar-refractivity contribution >= 4 is 5.78 Å². The molecule has 0 N–H and O–H groups in total. The van der Waals surface area contributed by atoms with Gasteiger partial charge in [-0.25, -0.2) is 0 Å². The molecule has 1 unspecified atom stereocenters. The van der Waals surface area contributed by atoms with Crippen LogP contribution < -0.4 is 0 Å². The van der Waals surface area contributed by atoms with Crippen molar-refractivity contribution in [3.63, 3.8) is 0 Å². The van der Waals surface area contributed by atoms with Gasteiger partial charge in [0.25, 0.3) is 0 Å². The van der Waals surface area contributed by atoms with Crippen molar-refractivity contribution in [2.45, 2.75) is 26.7 Å². The van der Waals surface area contributed by atoms with Crippen LogP contribution in [0.2, 0.25) is 0 Å². The van der Waals surface area contributed by atoms with E-state index in [2.05, 4.69) is 20.4 Å². The number of hydrogen-bond acceptors (Lipinski definition) is 1. The molecule has 0 bridgehead atoms. The molecule has 0 spiro atoms. The smallest absolute Gasteiger partial charge is 0.140 e. The van der Waals surface area contributed by atoms with Gasteiger partial charge in [0.1, 0.15) is 5.78 Å². The molecule has 56 valence electrons. The van der Waals surface area contributed by atoms with Gasteiger partial charge in [0.05, 0.1) is 0 Å². The maximum Gasteiger partial charge on any atom is 0.140 e. The molecule has 0 heterocycles. The van der Waals surface area contributed by atoms with Crippen molar-refractivity contribution in [2.75, 3.05) is 0 Å². The second-order valence-corrected chi connectivity index (χ2v) is 3.70. The lowest BCUT2D eigenvalue weighted by atomic mass is 10.1. The SMILES string of the molecule is C=CCC(=O)C1CC1(C)C. The van der Waals surface area contributed by atoms with Gasteiger partial charge < -0.3 is 0 Å². The van der Waals surface area contributed by atoms with Crippen molar-refractivity contribution in [1.82, 2.24) is 0 Å². The fourth-order valence-corrected chi connectivity index (χ4v) is 1.30. The van der Waals surface area contributed by atoms with Gasteiger partial charge in [-0.3, -0.25) is 4.79 Å². The summed E-state index contributed by atoms with van der Waals surface area (Å²) in [5.74, 6) is 0.686. The van der Waals surface area contributed by atoms with E-state index in [1.165, 1.54) is 0 Å². The summed E-state index contributed by atoms with van der Waals surface area (Å²) in [5, 5.41) is 0. The zero-order valence-electron chi connectivity index (χ0n) is 6.68. The monoisotopic (exact) mass is 138 g/mol. The lowest BCUT2D eigenvalue weighted by Crippen LogP contribution is -2.03. The van der Waals surface area contributed by atoms with Crippen LogP contribution in [-0.4, -0.2) is 5.78 Å². The molecular weight excluding hydrogens is 124 g/mol. The van der Waals surface area contributed by atoms with Crippen LogP contribution in [0.5, 0.6) is 0 Å². The summed E-state index contributed by atoms with van der Waals surface area (Å²) < 4.78 is 0. The minimum Gasteiger partial charge on any atom is -0.299 e. The Labute approximate surface area is 62.1 Å². The molecule has 0 saturated heterocycles. The molecule has 10 heavy (non-hydrogen) atoms. The van der Waals surface area contributed by atoms with Gasteiger partial charge in [-0.05, 0) is 11.8 Å². The average Bonchev–Trinajstić information content (AvgIpc) is 2.41. The fourth-order valence-electron chi connectivity index (χ4n) is 1.30. The van der Waals surface area contributed by atoms with E-state index in [1.807, 2.05) is 0 Å². The molecule has 1 fully saturated rings. The second kappa shape index (κ2) is 2.22. The number of carbonyl (C=O) groups is 1. The third-order valence-corrected chi connectivity index (χ3v) is 2.25. The van der Waals surface area contributed by atoms with E-state index >= 15 is 0 Å². The summed E-state index contributed by atoms with van der Waals surface area (Å²) in [7, 11) is 0. The second-order valence-electron chi connectivity index (χ2n) is 3.70. The molecule has 1 saturated carbocycles. The zero-order valence-corrected chi connectivity index (χ0v) is 6.68. The Morgan fingerprint density at radius 3 is 2.60 bits per heavy atom. The summed E-state index contributed by atoms with van der Waals surface area (Å²) in [6.45, 7) is 7.81. The summed E-state index contributed by atoms with van der Waals surface area (Å²) in [6, 6.07) is 0. The van der Waals surface area contributed by atoms with Crippen LogP contribution >= 0.6 is 0 Å². The van der Waals surface area contributed by atoms with E-state index in [0.29, 0.717) is 23.5 Å². The number of hydrogen-bond donors (Lipinski definition) is 0. The Bertz CT molecular complexity index is 168. The largest absolute Gasteiger partial charge is 0.299 e. The van der Waals surface area contributed by atoms with E-state index in [1.54, 1.807) is 6.08 Å². The van der Waals surface area contributed by atoms with Crippen molar-refractivity contribution in [3.8, 4) is 0 Å². The highest BCUT2D eigenvalue weighted by atomic mass is 16.1.